The number of hydrogen-bond donors (Lipinski definition) is 0. The smallest absolute Gasteiger partial charge is 0.164 e. The summed E-state index contributed by atoms with van der Waals surface area (Å²) < 4.78 is 4.94. The van der Waals surface area contributed by atoms with Crippen LogP contribution in [0.3, 0.4) is 0 Å². The van der Waals surface area contributed by atoms with E-state index in [1.54, 1.807) is 7.11 Å². The van der Waals surface area contributed by atoms with Gasteiger partial charge >= 0.3 is 0 Å². The summed E-state index contributed by atoms with van der Waals surface area (Å²) in [7, 11) is 1.58. The third kappa shape index (κ3) is 0.564. The third-order valence-corrected chi connectivity index (χ3v) is 1.87. The van der Waals surface area contributed by atoms with Gasteiger partial charge in [0.25, 0.3) is 0 Å². The number of Topliss-reactive ketones (excluding diaryl/α,β-unsaturated/α-hetero) is 1. The van der Waals surface area contributed by atoms with Gasteiger partial charge in [0.2, 0.25) is 0 Å². The van der Waals surface area contributed by atoms with Gasteiger partial charge in [-0.25, -0.2) is 0 Å². The van der Waals surface area contributed by atoms with Crippen LogP contribution in [0.5, 0.6) is 0 Å². The second kappa shape index (κ2) is 1.55. The lowest BCUT2D eigenvalue weighted by Crippen LogP contribution is -2.46. The molecule has 0 bridgehead atoms. The van der Waals surface area contributed by atoms with Gasteiger partial charge in [-0.1, -0.05) is 0 Å². The quantitative estimate of drug-likeness (QED) is 0.503. The predicted molar refractivity (Wildman–Crippen MR) is 29.7 cm³/mol. The van der Waals surface area contributed by atoms with Crippen LogP contribution in [0.2, 0.25) is 0 Å². The maximum absolute atomic E-state index is 10.7. The number of carbonyl (C=O) groups is 1. The van der Waals surface area contributed by atoms with Gasteiger partial charge in [0.15, 0.2) is 5.78 Å². The second-order valence-corrected chi connectivity index (χ2v) is 2.36. The standard InChI is InChI=1S/C6H10O2/c1-6(8-2)4-3-5(6)7/h3-4H2,1-2H3. The highest BCUT2D eigenvalue weighted by Gasteiger charge is 2.41. The number of carbonyl (C=O) groups excluding carboxylic acids is 1. The number of ether oxygens (including phenoxy) is 1. The summed E-state index contributed by atoms with van der Waals surface area (Å²) in [5.74, 6) is 0.236. The fourth-order valence-electron chi connectivity index (χ4n) is 0.795. The van der Waals surface area contributed by atoms with Crippen LogP contribution >= 0.6 is 0 Å². The molecule has 2 nitrogen and oxygen atoms in total. The molecule has 1 aliphatic rings. The summed E-state index contributed by atoms with van der Waals surface area (Å²) in [6.07, 6.45) is 1.59. The van der Waals surface area contributed by atoms with Gasteiger partial charge in [-0.15, -0.1) is 0 Å². The average molecular weight is 114 g/mol. The van der Waals surface area contributed by atoms with Crippen molar-refractivity contribution in [3.63, 3.8) is 0 Å². The first-order chi connectivity index (χ1) is 3.69. The van der Waals surface area contributed by atoms with E-state index in [1.807, 2.05) is 6.92 Å². The average Bonchev–Trinajstić information content (AvgIpc) is 1.83. The largest absolute Gasteiger partial charge is 0.371 e. The molecule has 1 rings (SSSR count). The van der Waals surface area contributed by atoms with Gasteiger partial charge in [-0.3, -0.25) is 4.79 Å². The first kappa shape index (κ1) is 5.76. The van der Waals surface area contributed by atoms with Crippen LogP contribution < -0.4 is 0 Å². The van der Waals surface area contributed by atoms with Crippen LogP contribution in [-0.4, -0.2) is 18.5 Å². The number of ketones is 1. The first-order valence-corrected chi connectivity index (χ1v) is 2.77. The summed E-state index contributed by atoms with van der Waals surface area (Å²) in [5, 5.41) is 0. The molecule has 0 aromatic heterocycles. The van der Waals surface area contributed by atoms with Crippen molar-refractivity contribution >= 4 is 5.78 Å². The minimum absolute atomic E-state index is 0.236. The van der Waals surface area contributed by atoms with Gasteiger partial charge in [0.1, 0.15) is 5.60 Å². The van der Waals surface area contributed by atoms with Crippen molar-refractivity contribution in [1.29, 1.82) is 0 Å². The van der Waals surface area contributed by atoms with E-state index in [4.69, 9.17) is 4.74 Å². The molecule has 0 aromatic carbocycles. The zero-order valence-corrected chi connectivity index (χ0v) is 5.23. The topological polar surface area (TPSA) is 26.3 Å². The molecule has 0 saturated heterocycles. The normalized spacial score (nSPS) is 37.0. The summed E-state index contributed by atoms with van der Waals surface area (Å²) in [4.78, 5) is 10.7. The Labute approximate surface area is 48.8 Å². The van der Waals surface area contributed by atoms with Crippen molar-refractivity contribution in [3.8, 4) is 0 Å². The zero-order chi connectivity index (χ0) is 6.20. The zero-order valence-electron chi connectivity index (χ0n) is 5.23. The van der Waals surface area contributed by atoms with Gasteiger partial charge in [-0.05, 0) is 13.3 Å². The van der Waals surface area contributed by atoms with E-state index in [-0.39, 0.29) is 5.78 Å². The van der Waals surface area contributed by atoms with E-state index in [0.717, 1.165) is 6.42 Å². The second-order valence-electron chi connectivity index (χ2n) is 2.36. The van der Waals surface area contributed by atoms with Gasteiger partial charge in [0, 0.05) is 13.5 Å². The van der Waals surface area contributed by atoms with Crippen LogP contribution in [-0.2, 0) is 9.53 Å². The molecule has 0 radical (unpaired) electrons. The third-order valence-electron chi connectivity index (χ3n) is 1.87. The SMILES string of the molecule is COC1(C)CCC1=O. The van der Waals surface area contributed by atoms with Gasteiger partial charge in [0.05, 0.1) is 0 Å². The molecule has 0 aromatic rings. The highest BCUT2D eigenvalue weighted by molar-refractivity contribution is 5.92. The molecule has 0 heterocycles. The van der Waals surface area contributed by atoms with Crippen LogP contribution in [0.1, 0.15) is 19.8 Å². The summed E-state index contributed by atoms with van der Waals surface area (Å²) in [5.41, 5.74) is -0.417. The Hall–Kier alpha value is -0.370. The lowest BCUT2D eigenvalue weighted by atomic mass is 9.80. The van der Waals surface area contributed by atoms with Crippen molar-refractivity contribution in [3.05, 3.63) is 0 Å². The van der Waals surface area contributed by atoms with Gasteiger partial charge in [-0.2, -0.15) is 0 Å². The minimum atomic E-state index is -0.417. The highest BCUT2D eigenvalue weighted by Crippen LogP contribution is 2.29. The fourth-order valence-corrected chi connectivity index (χ4v) is 0.795. The van der Waals surface area contributed by atoms with Crippen LogP contribution in [0.25, 0.3) is 0 Å². The monoisotopic (exact) mass is 114 g/mol. The van der Waals surface area contributed by atoms with Crippen molar-refractivity contribution in [1.82, 2.24) is 0 Å². The van der Waals surface area contributed by atoms with Crippen molar-refractivity contribution in [2.75, 3.05) is 7.11 Å². The molecule has 2 heteroatoms. The van der Waals surface area contributed by atoms with E-state index >= 15 is 0 Å². The van der Waals surface area contributed by atoms with E-state index in [0.29, 0.717) is 6.42 Å². The minimum Gasteiger partial charge on any atom is -0.371 e. The summed E-state index contributed by atoms with van der Waals surface area (Å²) in [6, 6.07) is 0. The molecule has 46 valence electrons. The van der Waals surface area contributed by atoms with E-state index in [9.17, 15) is 4.79 Å². The highest BCUT2D eigenvalue weighted by atomic mass is 16.5. The molecule has 8 heavy (non-hydrogen) atoms. The van der Waals surface area contributed by atoms with Crippen LogP contribution in [0, 0.1) is 0 Å². The first-order valence-electron chi connectivity index (χ1n) is 2.77. The van der Waals surface area contributed by atoms with Crippen molar-refractivity contribution in [2.24, 2.45) is 0 Å². The fraction of sp³-hybridized carbons (Fsp3) is 0.833. The molecule has 0 amide bonds. The van der Waals surface area contributed by atoms with Crippen molar-refractivity contribution < 1.29 is 9.53 Å². The number of methoxy groups -OCH3 is 1. The Morgan fingerprint density at radius 3 is 2.38 bits per heavy atom. The number of rotatable bonds is 1. The van der Waals surface area contributed by atoms with E-state index in [2.05, 4.69) is 0 Å². The van der Waals surface area contributed by atoms with Crippen molar-refractivity contribution in [2.45, 2.75) is 25.4 Å². The molecular formula is C6H10O2. The summed E-state index contributed by atoms with van der Waals surface area (Å²) >= 11 is 0. The molecule has 1 saturated carbocycles. The maximum atomic E-state index is 10.7. The van der Waals surface area contributed by atoms with E-state index in [1.165, 1.54) is 0 Å². The lowest BCUT2D eigenvalue weighted by molar-refractivity contribution is -0.152. The Balaban J connectivity index is 2.55. The predicted octanol–water partition coefficient (Wildman–Crippen LogP) is 0.754. The van der Waals surface area contributed by atoms with Crippen LogP contribution in [0.15, 0.2) is 0 Å². The molecule has 1 unspecified atom stereocenters. The molecule has 1 aliphatic carbocycles. The summed E-state index contributed by atoms with van der Waals surface area (Å²) in [6.45, 7) is 1.83. The molecule has 0 spiro atoms. The molecule has 1 fully saturated rings. The Kier molecular flexibility index (Phi) is 1.12. The Bertz CT molecular complexity index is 116. The lowest BCUT2D eigenvalue weighted by Gasteiger charge is -2.34. The number of hydrogen-bond acceptors (Lipinski definition) is 2. The molecular weight excluding hydrogens is 104 g/mol. The maximum Gasteiger partial charge on any atom is 0.164 e. The van der Waals surface area contributed by atoms with Crippen LogP contribution in [0.4, 0.5) is 0 Å². The molecule has 0 aliphatic heterocycles. The van der Waals surface area contributed by atoms with E-state index < -0.39 is 5.60 Å². The molecule has 1 atom stereocenters. The van der Waals surface area contributed by atoms with Gasteiger partial charge < -0.3 is 4.74 Å². The Morgan fingerprint density at radius 2 is 2.38 bits per heavy atom. The Morgan fingerprint density at radius 1 is 1.75 bits per heavy atom. The molecule has 0 N–H and O–H groups in total.